The smallest absolute Gasteiger partial charge is 0.313 e. The fourth-order valence-electron chi connectivity index (χ4n) is 1.84. The molecule has 0 fully saturated rings. The number of aryl methyl sites for hydroxylation is 1. The number of aliphatic hydroxyl groups excluding tert-OH is 1. The molecule has 0 saturated heterocycles. The van der Waals surface area contributed by atoms with Crippen LogP contribution in [0.2, 0.25) is 0 Å². The molecule has 148 valence electrons. The zero-order chi connectivity index (χ0) is 19.0. The van der Waals surface area contributed by atoms with Crippen LogP contribution in [0.3, 0.4) is 0 Å². The first-order valence-corrected chi connectivity index (χ1v) is 8.52. The molecule has 8 heteroatoms. The van der Waals surface area contributed by atoms with Crippen molar-refractivity contribution in [1.82, 2.24) is 0 Å². The van der Waals surface area contributed by atoms with Crippen LogP contribution in [0.4, 0.5) is 4.39 Å². The minimum Gasteiger partial charge on any atom is -0.423 e. The molecule has 0 unspecified atom stereocenters. The standard InChI is InChI=1S/C18H27FO7/c1-15-2-3-17(16(19)14-15)26-18(21)4-6-22-8-10-24-12-13-25-11-9-23-7-5-20/h2-3,14,20H,4-13H2,1H3. The van der Waals surface area contributed by atoms with Crippen molar-refractivity contribution < 1.29 is 38.0 Å². The molecule has 0 bridgehead atoms. The molecule has 0 spiro atoms. The zero-order valence-electron chi connectivity index (χ0n) is 15.1. The van der Waals surface area contributed by atoms with Crippen molar-refractivity contribution in [3.8, 4) is 5.75 Å². The quantitative estimate of drug-likeness (QED) is 0.283. The molecule has 1 rings (SSSR count). The second-order valence-electron chi connectivity index (χ2n) is 5.33. The molecular formula is C18H27FO7. The highest BCUT2D eigenvalue weighted by Gasteiger charge is 2.09. The van der Waals surface area contributed by atoms with Crippen molar-refractivity contribution in [3.63, 3.8) is 0 Å². The molecule has 0 saturated carbocycles. The van der Waals surface area contributed by atoms with Crippen LogP contribution in [0.5, 0.6) is 5.75 Å². The summed E-state index contributed by atoms with van der Waals surface area (Å²) in [7, 11) is 0. The fraction of sp³-hybridized carbons (Fsp3) is 0.611. The van der Waals surface area contributed by atoms with Crippen LogP contribution in [0.25, 0.3) is 0 Å². The van der Waals surface area contributed by atoms with Gasteiger partial charge < -0.3 is 28.8 Å². The van der Waals surface area contributed by atoms with E-state index in [0.717, 1.165) is 5.56 Å². The maximum atomic E-state index is 13.6. The summed E-state index contributed by atoms with van der Waals surface area (Å²) < 4.78 is 39.3. The minimum atomic E-state index is -0.560. The van der Waals surface area contributed by atoms with Crippen LogP contribution in [0.1, 0.15) is 12.0 Å². The Morgan fingerprint density at radius 1 is 0.923 bits per heavy atom. The first-order valence-electron chi connectivity index (χ1n) is 8.52. The van der Waals surface area contributed by atoms with Crippen molar-refractivity contribution in [1.29, 1.82) is 0 Å². The van der Waals surface area contributed by atoms with Gasteiger partial charge in [-0.2, -0.15) is 0 Å². The molecule has 1 aromatic carbocycles. The monoisotopic (exact) mass is 374 g/mol. The summed E-state index contributed by atoms with van der Waals surface area (Å²) in [4.78, 5) is 11.6. The van der Waals surface area contributed by atoms with Gasteiger partial charge in [-0.25, -0.2) is 4.39 Å². The number of ether oxygens (including phenoxy) is 5. The molecule has 0 amide bonds. The zero-order valence-corrected chi connectivity index (χ0v) is 15.1. The van der Waals surface area contributed by atoms with E-state index in [1.807, 2.05) is 0 Å². The lowest BCUT2D eigenvalue weighted by Crippen LogP contribution is -2.15. The van der Waals surface area contributed by atoms with Gasteiger partial charge in [0.1, 0.15) is 0 Å². The SMILES string of the molecule is Cc1ccc(OC(=O)CCOCCOCCOCCOCCO)c(F)c1. The molecule has 0 heterocycles. The second-order valence-corrected chi connectivity index (χ2v) is 5.33. The molecule has 0 aliphatic rings. The Balaban J connectivity index is 1.92. The van der Waals surface area contributed by atoms with E-state index in [4.69, 9.17) is 28.8 Å². The second kappa shape index (κ2) is 14.6. The van der Waals surface area contributed by atoms with E-state index in [2.05, 4.69) is 0 Å². The summed E-state index contributed by atoms with van der Waals surface area (Å²) in [6.45, 7) is 4.72. The molecule has 0 atom stereocenters. The average molecular weight is 374 g/mol. The summed E-state index contributed by atoms with van der Waals surface area (Å²) in [6, 6.07) is 4.41. The minimum absolute atomic E-state index is 0.00364. The Bertz CT molecular complexity index is 510. The third-order valence-corrected chi connectivity index (χ3v) is 3.11. The van der Waals surface area contributed by atoms with E-state index in [1.165, 1.54) is 12.1 Å². The van der Waals surface area contributed by atoms with Gasteiger partial charge in [-0.05, 0) is 24.6 Å². The van der Waals surface area contributed by atoms with E-state index in [0.29, 0.717) is 46.2 Å². The Labute approximate surface area is 152 Å². The Morgan fingerprint density at radius 2 is 1.46 bits per heavy atom. The molecule has 7 nitrogen and oxygen atoms in total. The van der Waals surface area contributed by atoms with Crippen molar-refractivity contribution >= 4 is 5.97 Å². The maximum Gasteiger partial charge on any atom is 0.313 e. The van der Waals surface area contributed by atoms with Crippen molar-refractivity contribution in [2.75, 3.05) is 59.5 Å². The van der Waals surface area contributed by atoms with E-state index in [-0.39, 0.29) is 25.4 Å². The predicted octanol–water partition coefficient (Wildman–Crippen LogP) is 1.49. The number of carbonyl (C=O) groups excluding carboxylic acids is 1. The highest BCUT2D eigenvalue weighted by molar-refractivity contribution is 5.72. The third-order valence-electron chi connectivity index (χ3n) is 3.11. The summed E-state index contributed by atoms with van der Waals surface area (Å²) in [5.41, 5.74) is 0.756. The van der Waals surface area contributed by atoms with Crippen LogP contribution < -0.4 is 4.74 Å². The number of halogens is 1. The fourth-order valence-corrected chi connectivity index (χ4v) is 1.84. The molecule has 1 N–H and O–H groups in total. The van der Waals surface area contributed by atoms with E-state index in [1.54, 1.807) is 13.0 Å². The van der Waals surface area contributed by atoms with Crippen LogP contribution >= 0.6 is 0 Å². The van der Waals surface area contributed by atoms with Gasteiger partial charge in [-0.3, -0.25) is 4.79 Å². The number of aliphatic hydroxyl groups is 1. The third kappa shape index (κ3) is 11.1. The lowest BCUT2D eigenvalue weighted by atomic mass is 10.2. The summed E-state index contributed by atoms with van der Waals surface area (Å²) >= 11 is 0. The molecule has 1 aromatic rings. The summed E-state index contributed by atoms with van der Waals surface area (Å²) in [6.07, 6.45) is 0.0320. The number of esters is 1. The lowest BCUT2D eigenvalue weighted by Gasteiger charge is -2.08. The highest BCUT2D eigenvalue weighted by Crippen LogP contribution is 2.18. The number of benzene rings is 1. The van der Waals surface area contributed by atoms with Gasteiger partial charge in [-0.1, -0.05) is 6.07 Å². The summed E-state index contributed by atoms with van der Waals surface area (Å²) in [5, 5.41) is 8.51. The Hall–Kier alpha value is -1.58. The number of carbonyl (C=O) groups is 1. The van der Waals surface area contributed by atoms with Gasteiger partial charge in [-0.15, -0.1) is 0 Å². The number of hydrogen-bond donors (Lipinski definition) is 1. The molecule has 0 aromatic heterocycles. The van der Waals surface area contributed by atoms with E-state index < -0.39 is 11.8 Å². The first kappa shape index (κ1) is 22.5. The molecule has 0 aliphatic carbocycles. The Morgan fingerprint density at radius 3 is 2.00 bits per heavy atom. The lowest BCUT2D eigenvalue weighted by molar-refractivity contribution is -0.135. The van der Waals surface area contributed by atoms with Gasteiger partial charge in [0.25, 0.3) is 0 Å². The van der Waals surface area contributed by atoms with Crippen LogP contribution in [0.15, 0.2) is 18.2 Å². The predicted molar refractivity (Wildman–Crippen MR) is 91.8 cm³/mol. The van der Waals surface area contributed by atoms with Gasteiger partial charge in [0.05, 0.1) is 65.9 Å². The number of rotatable bonds is 15. The summed E-state index contributed by atoms with van der Waals surface area (Å²) in [5.74, 6) is -1.19. The van der Waals surface area contributed by atoms with E-state index >= 15 is 0 Å². The molecule has 26 heavy (non-hydrogen) atoms. The molecular weight excluding hydrogens is 347 g/mol. The first-order chi connectivity index (χ1) is 12.6. The van der Waals surface area contributed by atoms with Gasteiger partial charge >= 0.3 is 5.97 Å². The average Bonchev–Trinajstić information content (AvgIpc) is 2.61. The van der Waals surface area contributed by atoms with Crippen LogP contribution in [-0.2, 0) is 23.7 Å². The Kier molecular flexibility index (Phi) is 12.6. The van der Waals surface area contributed by atoms with Crippen molar-refractivity contribution in [2.24, 2.45) is 0 Å². The largest absolute Gasteiger partial charge is 0.423 e. The van der Waals surface area contributed by atoms with Gasteiger partial charge in [0, 0.05) is 0 Å². The van der Waals surface area contributed by atoms with Crippen LogP contribution in [-0.4, -0.2) is 70.5 Å². The maximum absolute atomic E-state index is 13.6. The van der Waals surface area contributed by atoms with Crippen LogP contribution in [0, 0.1) is 12.7 Å². The van der Waals surface area contributed by atoms with Gasteiger partial charge in [0.2, 0.25) is 0 Å². The molecule has 0 radical (unpaired) electrons. The topological polar surface area (TPSA) is 83.5 Å². The molecule has 0 aliphatic heterocycles. The van der Waals surface area contributed by atoms with E-state index in [9.17, 15) is 9.18 Å². The van der Waals surface area contributed by atoms with Crippen molar-refractivity contribution in [3.05, 3.63) is 29.6 Å². The highest BCUT2D eigenvalue weighted by atomic mass is 19.1. The normalized spacial score (nSPS) is 10.9. The van der Waals surface area contributed by atoms with Gasteiger partial charge in [0.15, 0.2) is 11.6 Å². The van der Waals surface area contributed by atoms with Crippen molar-refractivity contribution in [2.45, 2.75) is 13.3 Å². The number of hydrogen-bond acceptors (Lipinski definition) is 7.